The fraction of sp³-hybridized carbons (Fsp3) is 0.636. The highest BCUT2D eigenvalue weighted by Crippen LogP contribution is 2.41. The fourth-order valence-electron chi connectivity index (χ4n) is 2.24. The first-order valence-corrected chi connectivity index (χ1v) is 7.54. The van der Waals surface area contributed by atoms with E-state index in [0.29, 0.717) is 6.42 Å². The van der Waals surface area contributed by atoms with Gasteiger partial charge in [-0.15, -0.1) is 0 Å². The Balaban J connectivity index is 2.33. The molecule has 0 saturated heterocycles. The number of rotatable bonds is 4. The molecule has 0 bridgehead atoms. The van der Waals surface area contributed by atoms with Crippen molar-refractivity contribution in [3.8, 4) is 0 Å². The summed E-state index contributed by atoms with van der Waals surface area (Å²) in [7, 11) is -4.01. The molecule has 2 rings (SSSR count). The number of aromatic carboxylic acids is 1. The van der Waals surface area contributed by atoms with Crippen LogP contribution < -0.4 is 4.72 Å². The van der Waals surface area contributed by atoms with E-state index in [4.69, 9.17) is 5.11 Å². The van der Waals surface area contributed by atoms with Crippen molar-refractivity contribution >= 4 is 16.0 Å². The van der Waals surface area contributed by atoms with Crippen LogP contribution in [-0.2, 0) is 10.0 Å². The molecule has 0 aromatic carbocycles. The number of carboxylic acid groups (broad SMARTS) is 1. The summed E-state index contributed by atoms with van der Waals surface area (Å²) in [6.45, 7) is 4.93. The molecule has 4 N–H and O–H groups in total. The molecule has 2 atom stereocenters. The van der Waals surface area contributed by atoms with E-state index in [1.165, 1.54) is 6.92 Å². The number of carboxylic acids is 1. The molecule has 0 radical (unpaired) electrons. The second-order valence-corrected chi connectivity index (χ2v) is 7.23. The van der Waals surface area contributed by atoms with Crippen LogP contribution >= 0.6 is 0 Å². The predicted octanol–water partition coefficient (Wildman–Crippen LogP) is -0.146. The van der Waals surface area contributed by atoms with Crippen LogP contribution in [0.5, 0.6) is 0 Å². The number of sulfonamides is 1. The number of carbonyl (C=O) groups is 1. The van der Waals surface area contributed by atoms with Crippen LogP contribution in [0.15, 0.2) is 4.90 Å². The lowest BCUT2D eigenvalue weighted by Crippen LogP contribution is -2.61. The number of hydrogen-bond acceptors (Lipinski definition) is 5. The van der Waals surface area contributed by atoms with Crippen molar-refractivity contribution in [2.24, 2.45) is 5.41 Å². The molecule has 1 aliphatic carbocycles. The summed E-state index contributed by atoms with van der Waals surface area (Å²) in [6.07, 6.45) is -0.287. The van der Waals surface area contributed by atoms with Crippen LogP contribution in [0.3, 0.4) is 0 Å². The first kappa shape index (κ1) is 14.9. The quantitative estimate of drug-likeness (QED) is 0.611. The van der Waals surface area contributed by atoms with Gasteiger partial charge in [0.25, 0.3) is 0 Å². The third-order valence-electron chi connectivity index (χ3n) is 3.88. The van der Waals surface area contributed by atoms with Gasteiger partial charge in [0.2, 0.25) is 10.0 Å². The number of nitrogens with one attached hydrogen (secondary N) is 2. The summed E-state index contributed by atoms with van der Waals surface area (Å²) in [5, 5.41) is 24.5. The first-order chi connectivity index (χ1) is 9.07. The number of aromatic nitrogens is 2. The molecule has 0 spiro atoms. The standard InChI is InChI=1S/C11H17N3O5S/c1-5-9(8(10(16)17)13-12-5)20(18,19)14-6-4-7(15)11(6,2)3/h6-7,14-15H,4H2,1-3H3,(H,12,13)(H,16,17). The lowest BCUT2D eigenvalue weighted by Gasteiger charge is -2.49. The number of hydrogen-bond donors (Lipinski definition) is 4. The number of H-pyrrole nitrogens is 1. The second kappa shape index (κ2) is 4.54. The second-order valence-electron chi connectivity index (χ2n) is 5.58. The molecule has 8 nitrogen and oxygen atoms in total. The van der Waals surface area contributed by atoms with E-state index in [0.717, 1.165) is 0 Å². The number of aromatic amines is 1. The molecule has 0 aliphatic heterocycles. The average molecular weight is 303 g/mol. The lowest BCUT2D eigenvalue weighted by molar-refractivity contribution is -0.0645. The van der Waals surface area contributed by atoms with E-state index in [2.05, 4.69) is 14.9 Å². The van der Waals surface area contributed by atoms with Gasteiger partial charge in [0.05, 0.1) is 11.8 Å². The van der Waals surface area contributed by atoms with E-state index < -0.39 is 39.2 Å². The van der Waals surface area contributed by atoms with Gasteiger partial charge in [0, 0.05) is 11.5 Å². The van der Waals surface area contributed by atoms with Crippen LogP contribution in [0.1, 0.15) is 36.5 Å². The molecule has 2 unspecified atom stereocenters. The van der Waals surface area contributed by atoms with Gasteiger partial charge in [0.15, 0.2) is 5.69 Å². The van der Waals surface area contributed by atoms with Gasteiger partial charge in [-0.1, -0.05) is 13.8 Å². The summed E-state index contributed by atoms with van der Waals surface area (Å²) >= 11 is 0. The van der Waals surface area contributed by atoms with Gasteiger partial charge < -0.3 is 10.2 Å². The Kier molecular flexibility index (Phi) is 3.39. The van der Waals surface area contributed by atoms with E-state index >= 15 is 0 Å². The fourth-order valence-corrected chi connectivity index (χ4v) is 3.97. The van der Waals surface area contributed by atoms with Crippen LogP contribution in [0.2, 0.25) is 0 Å². The van der Waals surface area contributed by atoms with Crippen LogP contribution in [-0.4, -0.2) is 46.9 Å². The molecule has 1 aliphatic rings. The third kappa shape index (κ3) is 2.21. The summed E-state index contributed by atoms with van der Waals surface area (Å²) in [5.41, 5.74) is -0.964. The minimum Gasteiger partial charge on any atom is -0.476 e. The summed E-state index contributed by atoms with van der Waals surface area (Å²) in [6, 6.07) is -0.446. The SMILES string of the molecule is Cc1[nH]nc(C(=O)O)c1S(=O)(=O)NC1CC(O)C1(C)C. The van der Waals surface area contributed by atoms with Gasteiger partial charge in [-0.05, 0) is 13.3 Å². The molecule has 20 heavy (non-hydrogen) atoms. The van der Waals surface area contributed by atoms with Crippen LogP contribution in [0.4, 0.5) is 0 Å². The predicted molar refractivity (Wildman–Crippen MR) is 68.8 cm³/mol. The molecular formula is C11H17N3O5S. The van der Waals surface area contributed by atoms with Crippen molar-refractivity contribution in [1.29, 1.82) is 0 Å². The van der Waals surface area contributed by atoms with Crippen molar-refractivity contribution in [2.75, 3.05) is 0 Å². The van der Waals surface area contributed by atoms with Gasteiger partial charge in [-0.2, -0.15) is 5.10 Å². The Hall–Kier alpha value is -1.45. The van der Waals surface area contributed by atoms with E-state index in [-0.39, 0.29) is 10.6 Å². The maximum Gasteiger partial charge on any atom is 0.357 e. The summed E-state index contributed by atoms with van der Waals surface area (Å²) < 4.78 is 27.1. The van der Waals surface area contributed by atoms with Crippen molar-refractivity contribution in [2.45, 2.75) is 44.2 Å². The van der Waals surface area contributed by atoms with Crippen LogP contribution in [0, 0.1) is 12.3 Å². The largest absolute Gasteiger partial charge is 0.476 e. The molecule has 9 heteroatoms. The van der Waals surface area contributed by atoms with E-state index in [1.807, 2.05) is 0 Å². The smallest absolute Gasteiger partial charge is 0.357 e. The molecule has 112 valence electrons. The lowest BCUT2D eigenvalue weighted by atomic mass is 9.65. The Morgan fingerprint density at radius 2 is 2.10 bits per heavy atom. The topological polar surface area (TPSA) is 132 Å². The highest BCUT2D eigenvalue weighted by atomic mass is 32.2. The zero-order valence-electron chi connectivity index (χ0n) is 11.3. The molecule has 1 aromatic heterocycles. The average Bonchev–Trinajstić information content (AvgIpc) is 2.71. The number of nitrogens with zero attached hydrogens (tertiary/aromatic N) is 1. The minimum atomic E-state index is -4.01. The monoisotopic (exact) mass is 303 g/mol. The van der Waals surface area contributed by atoms with Gasteiger partial charge in [-0.3, -0.25) is 5.10 Å². The number of aliphatic hydroxyl groups is 1. The van der Waals surface area contributed by atoms with Crippen molar-refractivity contribution in [1.82, 2.24) is 14.9 Å². The van der Waals surface area contributed by atoms with Gasteiger partial charge in [-0.25, -0.2) is 17.9 Å². The molecule has 0 amide bonds. The van der Waals surface area contributed by atoms with E-state index in [9.17, 15) is 18.3 Å². The highest BCUT2D eigenvalue weighted by Gasteiger charge is 2.49. The summed E-state index contributed by atoms with van der Waals surface area (Å²) in [4.78, 5) is 10.7. The Bertz CT molecular complexity index is 649. The highest BCUT2D eigenvalue weighted by molar-refractivity contribution is 7.89. The number of aryl methyl sites for hydroxylation is 1. The Morgan fingerprint density at radius 1 is 1.50 bits per heavy atom. The zero-order chi connectivity index (χ0) is 15.3. The maximum atomic E-state index is 12.3. The Morgan fingerprint density at radius 3 is 2.55 bits per heavy atom. The van der Waals surface area contributed by atoms with Crippen molar-refractivity contribution < 1.29 is 23.4 Å². The molecule has 1 fully saturated rings. The first-order valence-electron chi connectivity index (χ1n) is 6.06. The van der Waals surface area contributed by atoms with Crippen molar-refractivity contribution in [3.63, 3.8) is 0 Å². The van der Waals surface area contributed by atoms with Crippen molar-refractivity contribution in [3.05, 3.63) is 11.4 Å². The minimum absolute atomic E-state index is 0.160. The van der Waals surface area contributed by atoms with Gasteiger partial charge >= 0.3 is 5.97 Å². The maximum absolute atomic E-state index is 12.3. The Labute approximate surface area is 116 Å². The normalized spacial score (nSPS) is 25.2. The van der Waals surface area contributed by atoms with Crippen LogP contribution in [0.25, 0.3) is 0 Å². The zero-order valence-corrected chi connectivity index (χ0v) is 12.2. The molecular weight excluding hydrogens is 286 g/mol. The number of aliphatic hydroxyl groups excluding tert-OH is 1. The van der Waals surface area contributed by atoms with E-state index in [1.54, 1.807) is 13.8 Å². The van der Waals surface area contributed by atoms with Gasteiger partial charge in [0.1, 0.15) is 4.90 Å². The summed E-state index contributed by atoms with van der Waals surface area (Å²) in [5.74, 6) is -1.41. The molecule has 1 aromatic rings. The third-order valence-corrected chi connectivity index (χ3v) is 5.51. The molecule has 1 heterocycles. The molecule has 1 saturated carbocycles.